The number of carbonyl (C=O) groups excluding carboxylic acids is 1. The van der Waals surface area contributed by atoms with E-state index in [1.807, 2.05) is 18.2 Å². The number of benzene rings is 1. The van der Waals surface area contributed by atoms with Crippen LogP contribution in [-0.4, -0.2) is 66.5 Å². The minimum atomic E-state index is -1.36. The molecule has 0 aliphatic carbocycles. The van der Waals surface area contributed by atoms with Gasteiger partial charge in [0.05, 0.1) is 6.33 Å². The maximum absolute atomic E-state index is 12.1. The number of rotatable bonds is 7. The summed E-state index contributed by atoms with van der Waals surface area (Å²) in [6.07, 6.45) is -1.19. The molecule has 10 heteroatoms. The maximum atomic E-state index is 12.1. The van der Waals surface area contributed by atoms with Gasteiger partial charge in [-0.15, -0.1) is 0 Å². The first-order valence-electron chi connectivity index (χ1n) is 10.3. The molecule has 1 aliphatic rings. The fourth-order valence-electron chi connectivity index (χ4n) is 3.78. The van der Waals surface area contributed by atoms with Crippen molar-refractivity contribution in [2.24, 2.45) is 0 Å². The van der Waals surface area contributed by atoms with Gasteiger partial charge in [-0.25, -0.2) is 15.0 Å². The molecule has 2 aromatic heterocycles. The molecular weight excluding hydrogens is 400 g/mol. The first kappa shape index (κ1) is 21.2. The number of aliphatic hydroxyl groups excluding tert-OH is 2. The molecule has 4 rings (SSSR count). The summed E-state index contributed by atoms with van der Waals surface area (Å²) in [4.78, 5) is 25.1. The summed E-state index contributed by atoms with van der Waals surface area (Å²) in [6, 6.07) is 10.2. The monoisotopic (exact) mass is 426 g/mol. The highest BCUT2D eigenvalue weighted by atomic mass is 16.6. The van der Waals surface area contributed by atoms with Crippen molar-refractivity contribution in [3.63, 3.8) is 0 Å². The van der Waals surface area contributed by atoms with Crippen molar-refractivity contribution in [3.8, 4) is 0 Å². The third-order valence-electron chi connectivity index (χ3n) is 5.25. The smallest absolute Gasteiger partial charge is 0.252 e. The zero-order valence-corrected chi connectivity index (χ0v) is 17.3. The Hall–Kier alpha value is -3.08. The van der Waals surface area contributed by atoms with Crippen LogP contribution in [0, 0.1) is 0 Å². The van der Waals surface area contributed by atoms with Crippen LogP contribution in [0.5, 0.6) is 0 Å². The van der Waals surface area contributed by atoms with Gasteiger partial charge in [-0.2, -0.15) is 0 Å². The largest absolute Gasteiger partial charge is 0.387 e. The second-order valence-electron chi connectivity index (χ2n) is 7.60. The number of likely N-dealkylation sites (N-methyl/N-ethyl adjacent to an activating group) is 1. The lowest BCUT2D eigenvalue weighted by Gasteiger charge is -2.17. The first-order valence-corrected chi connectivity index (χ1v) is 10.3. The van der Waals surface area contributed by atoms with Crippen LogP contribution in [0.4, 0.5) is 5.82 Å². The lowest BCUT2D eigenvalue weighted by atomic mass is 10.1. The number of anilines is 1. The molecule has 164 valence electrons. The number of aliphatic hydroxyl groups is 2. The molecule has 0 bridgehead atoms. The van der Waals surface area contributed by atoms with Crippen LogP contribution in [0.2, 0.25) is 0 Å². The number of aromatic nitrogens is 4. The van der Waals surface area contributed by atoms with Gasteiger partial charge in [0.1, 0.15) is 18.5 Å². The van der Waals surface area contributed by atoms with Crippen LogP contribution in [0.15, 0.2) is 43.0 Å². The summed E-state index contributed by atoms with van der Waals surface area (Å²) in [5.74, 6) is 0.0770. The van der Waals surface area contributed by atoms with E-state index in [1.54, 1.807) is 6.92 Å². The molecule has 1 aromatic carbocycles. The molecule has 3 aromatic rings. The van der Waals surface area contributed by atoms with Crippen molar-refractivity contribution in [1.82, 2.24) is 24.8 Å². The molecule has 1 saturated heterocycles. The van der Waals surface area contributed by atoms with Gasteiger partial charge >= 0.3 is 0 Å². The topological polar surface area (TPSA) is 134 Å². The van der Waals surface area contributed by atoms with Crippen molar-refractivity contribution >= 4 is 22.9 Å². The molecule has 31 heavy (non-hydrogen) atoms. The number of nitrogens with zero attached hydrogens (tertiary/aromatic N) is 4. The van der Waals surface area contributed by atoms with Crippen LogP contribution in [0.3, 0.4) is 0 Å². The summed E-state index contributed by atoms with van der Waals surface area (Å²) < 4.78 is 7.19. The van der Waals surface area contributed by atoms with E-state index in [0.717, 1.165) is 6.42 Å². The predicted octanol–water partition coefficient (Wildman–Crippen LogP) is 0.625. The summed E-state index contributed by atoms with van der Waals surface area (Å²) in [6.45, 7) is 4.21. The van der Waals surface area contributed by atoms with Gasteiger partial charge in [0, 0.05) is 12.6 Å². The molecule has 0 spiro atoms. The fourth-order valence-corrected chi connectivity index (χ4v) is 3.78. The Morgan fingerprint density at radius 1 is 1.19 bits per heavy atom. The van der Waals surface area contributed by atoms with Gasteiger partial charge in [-0.1, -0.05) is 30.3 Å². The van der Waals surface area contributed by atoms with Crippen molar-refractivity contribution in [2.45, 2.75) is 50.8 Å². The minimum Gasteiger partial charge on any atom is -0.387 e. The number of hydrogen-bond donors (Lipinski definition) is 4. The second kappa shape index (κ2) is 8.96. The number of nitrogens with one attached hydrogen (secondary N) is 2. The summed E-state index contributed by atoms with van der Waals surface area (Å²) in [5, 5.41) is 26.7. The van der Waals surface area contributed by atoms with Gasteiger partial charge in [-0.3, -0.25) is 9.36 Å². The molecule has 5 atom stereocenters. The second-order valence-corrected chi connectivity index (χ2v) is 7.60. The molecule has 4 N–H and O–H groups in total. The fraction of sp³-hybridized carbons (Fsp3) is 0.429. The Kier molecular flexibility index (Phi) is 6.12. The Morgan fingerprint density at radius 2 is 1.97 bits per heavy atom. The SMILES string of the molecule is CCNC(=O)[C@H]1O[C@@H](n2cnc3c(N[C@H](C)Cc4ccccc4)ncnc32)[C@H](O)[C@@H]1O. The number of carbonyl (C=O) groups is 1. The van der Waals surface area contributed by atoms with Crippen molar-refractivity contribution in [3.05, 3.63) is 48.5 Å². The summed E-state index contributed by atoms with van der Waals surface area (Å²) in [7, 11) is 0. The third-order valence-corrected chi connectivity index (χ3v) is 5.25. The number of imidazole rings is 1. The zero-order valence-electron chi connectivity index (χ0n) is 17.3. The highest BCUT2D eigenvalue weighted by Crippen LogP contribution is 2.32. The van der Waals surface area contributed by atoms with Gasteiger partial charge < -0.3 is 25.6 Å². The predicted molar refractivity (Wildman–Crippen MR) is 113 cm³/mol. The molecule has 1 fully saturated rings. The van der Waals surface area contributed by atoms with Crippen molar-refractivity contribution < 1.29 is 19.7 Å². The van der Waals surface area contributed by atoms with Gasteiger partial charge in [-0.05, 0) is 25.8 Å². The lowest BCUT2D eigenvalue weighted by molar-refractivity contribution is -0.137. The Labute approximate surface area is 179 Å². The van der Waals surface area contributed by atoms with E-state index in [0.29, 0.717) is 23.5 Å². The number of ether oxygens (including phenoxy) is 1. The standard InChI is InChI=1S/C21H26N6O4/c1-3-22-20(30)17-15(28)16(29)21(31-17)27-11-25-14-18(23-10-24-19(14)27)26-12(2)9-13-7-5-4-6-8-13/h4-8,10-12,15-17,21,28-29H,3,9H2,1-2H3,(H,22,30)(H,23,24,26)/t12-,15+,16-,17+,21-/m1/s1. The van der Waals surface area contributed by atoms with Crippen molar-refractivity contribution in [2.75, 3.05) is 11.9 Å². The maximum Gasteiger partial charge on any atom is 0.252 e. The van der Waals surface area contributed by atoms with Gasteiger partial charge in [0.2, 0.25) is 0 Å². The number of hydrogen-bond acceptors (Lipinski definition) is 8. The average molecular weight is 426 g/mol. The van der Waals surface area contributed by atoms with Crippen LogP contribution >= 0.6 is 0 Å². The van der Waals surface area contributed by atoms with Gasteiger partial charge in [0.15, 0.2) is 29.3 Å². The highest BCUT2D eigenvalue weighted by molar-refractivity contribution is 5.83. The van der Waals surface area contributed by atoms with Gasteiger partial charge in [0.25, 0.3) is 5.91 Å². The van der Waals surface area contributed by atoms with Crippen LogP contribution < -0.4 is 10.6 Å². The van der Waals surface area contributed by atoms with E-state index in [1.165, 1.54) is 22.8 Å². The minimum absolute atomic E-state index is 0.0860. The van der Waals surface area contributed by atoms with E-state index in [9.17, 15) is 15.0 Å². The van der Waals surface area contributed by atoms with Crippen molar-refractivity contribution in [1.29, 1.82) is 0 Å². The molecule has 1 aliphatic heterocycles. The molecule has 0 radical (unpaired) electrons. The van der Waals surface area contributed by atoms with Crippen LogP contribution in [0.1, 0.15) is 25.6 Å². The molecule has 0 saturated carbocycles. The normalized spacial score (nSPS) is 24.3. The van der Waals surface area contributed by atoms with E-state index in [-0.39, 0.29) is 6.04 Å². The summed E-state index contributed by atoms with van der Waals surface area (Å²) in [5.41, 5.74) is 2.14. The summed E-state index contributed by atoms with van der Waals surface area (Å²) >= 11 is 0. The van der Waals surface area contributed by atoms with E-state index in [4.69, 9.17) is 4.74 Å². The average Bonchev–Trinajstić information content (AvgIpc) is 3.31. The van der Waals surface area contributed by atoms with E-state index >= 15 is 0 Å². The molecule has 0 unspecified atom stereocenters. The number of fused-ring (bicyclic) bond motifs is 1. The molecular formula is C21H26N6O4. The zero-order chi connectivity index (χ0) is 22.0. The lowest BCUT2D eigenvalue weighted by Crippen LogP contribution is -2.42. The Morgan fingerprint density at radius 3 is 2.71 bits per heavy atom. The molecule has 3 heterocycles. The highest BCUT2D eigenvalue weighted by Gasteiger charge is 2.47. The Bertz CT molecular complexity index is 1040. The number of amides is 1. The quantitative estimate of drug-likeness (QED) is 0.432. The van der Waals surface area contributed by atoms with E-state index in [2.05, 4.69) is 44.6 Å². The van der Waals surface area contributed by atoms with E-state index < -0.39 is 30.4 Å². The molecule has 10 nitrogen and oxygen atoms in total. The van der Waals surface area contributed by atoms with Crippen LogP contribution in [-0.2, 0) is 16.0 Å². The van der Waals surface area contributed by atoms with Crippen LogP contribution in [0.25, 0.3) is 11.2 Å². The third kappa shape index (κ3) is 4.22. The Balaban J connectivity index is 1.55. The first-order chi connectivity index (χ1) is 15.0. The molecule has 1 amide bonds.